The Morgan fingerprint density at radius 2 is 1.87 bits per heavy atom. The van der Waals surface area contributed by atoms with Gasteiger partial charge in [0.1, 0.15) is 17.1 Å². The van der Waals surface area contributed by atoms with Crippen molar-refractivity contribution in [2.45, 2.75) is 25.8 Å². The fourth-order valence-corrected chi connectivity index (χ4v) is 4.45. The number of anilines is 1. The second kappa shape index (κ2) is 8.52. The van der Waals surface area contributed by atoms with Gasteiger partial charge in [-0.05, 0) is 49.6 Å². The summed E-state index contributed by atoms with van der Waals surface area (Å²) >= 11 is 6.32. The lowest BCUT2D eigenvalue weighted by molar-refractivity contribution is -0.136. The Balaban J connectivity index is 1.42. The number of halogens is 1. The minimum Gasteiger partial charge on any atom is -0.506 e. The second-order valence-corrected chi connectivity index (χ2v) is 8.33. The molecule has 0 bridgehead atoms. The van der Waals surface area contributed by atoms with Crippen molar-refractivity contribution >= 4 is 34.2 Å². The number of piperidine rings is 1. The molecular formula is C24H26ClN3O2. The number of hydrogen-bond acceptors (Lipinski definition) is 4. The van der Waals surface area contributed by atoms with Gasteiger partial charge in [0.15, 0.2) is 0 Å². The van der Waals surface area contributed by atoms with Crippen molar-refractivity contribution in [2.24, 2.45) is 5.92 Å². The first-order valence-electron chi connectivity index (χ1n) is 10.3. The number of carbonyl (C=O) groups is 1. The molecule has 6 heteroatoms. The van der Waals surface area contributed by atoms with E-state index in [-0.39, 0.29) is 23.6 Å². The molecule has 2 aromatic carbocycles. The maximum atomic E-state index is 13.1. The molecule has 5 nitrogen and oxygen atoms in total. The third-order valence-electron chi connectivity index (χ3n) is 6.14. The summed E-state index contributed by atoms with van der Waals surface area (Å²) in [5.74, 6) is 1.18. The van der Waals surface area contributed by atoms with E-state index in [1.54, 1.807) is 6.07 Å². The zero-order chi connectivity index (χ0) is 21.3. The van der Waals surface area contributed by atoms with E-state index in [4.69, 9.17) is 11.6 Å². The number of pyridine rings is 1. The minimum atomic E-state index is -0.0747. The van der Waals surface area contributed by atoms with Gasteiger partial charge in [-0.2, -0.15) is 0 Å². The molecule has 156 valence electrons. The van der Waals surface area contributed by atoms with Crippen molar-refractivity contribution in [3.05, 3.63) is 65.2 Å². The van der Waals surface area contributed by atoms with Crippen LogP contribution in [-0.2, 0) is 4.79 Å². The van der Waals surface area contributed by atoms with Crippen LogP contribution in [0, 0.1) is 5.92 Å². The van der Waals surface area contributed by atoms with Gasteiger partial charge in [0, 0.05) is 36.5 Å². The number of hydrogen-bond donors (Lipinski definition) is 1. The summed E-state index contributed by atoms with van der Waals surface area (Å²) in [7, 11) is 1.86. The van der Waals surface area contributed by atoms with E-state index in [1.807, 2.05) is 67.4 Å². The van der Waals surface area contributed by atoms with Crippen molar-refractivity contribution in [3.8, 4) is 5.75 Å². The number of fused-ring (bicyclic) bond motifs is 1. The van der Waals surface area contributed by atoms with Gasteiger partial charge in [-0.3, -0.25) is 4.79 Å². The van der Waals surface area contributed by atoms with E-state index in [2.05, 4.69) is 9.88 Å². The van der Waals surface area contributed by atoms with E-state index in [0.29, 0.717) is 10.5 Å². The number of para-hydroxylation sites is 1. The number of aromatic nitrogens is 1. The number of carbonyl (C=O) groups excluding carboxylic acids is 1. The van der Waals surface area contributed by atoms with E-state index in [0.717, 1.165) is 42.7 Å². The third kappa shape index (κ3) is 3.94. The zero-order valence-corrected chi connectivity index (χ0v) is 18.0. The highest BCUT2D eigenvalue weighted by Gasteiger charge is 2.30. The van der Waals surface area contributed by atoms with Crippen molar-refractivity contribution in [2.75, 3.05) is 25.0 Å². The molecule has 3 aromatic rings. The van der Waals surface area contributed by atoms with E-state index in [9.17, 15) is 9.90 Å². The highest BCUT2D eigenvalue weighted by molar-refractivity contribution is 6.31. The van der Waals surface area contributed by atoms with Gasteiger partial charge in [-0.25, -0.2) is 4.98 Å². The molecule has 1 aliphatic heterocycles. The summed E-state index contributed by atoms with van der Waals surface area (Å²) in [4.78, 5) is 21.8. The Labute approximate surface area is 181 Å². The molecule has 1 aromatic heterocycles. The second-order valence-electron chi connectivity index (χ2n) is 7.93. The Bertz CT molecular complexity index is 1060. The van der Waals surface area contributed by atoms with Gasteiger partial charge in [0.2, 0.25) is 5.91 Å². The maximum Gasteiger partial charge on any atom is 0.226 e. The predicted molar refractivity (Wildman–Crippen MR) is 121 cm³/mol. The number of phenolic OH excluding ortho intramolecular Hbond substituents is 1. The van der Waals surface area contributed by atoms with Crippen LogP contribution in [0.4, 0.5) is 5.82 Å². The first kappa shape index (κ1) is 20.5. The normalized spacial score (nSPS) is 15.9. The Morgan fingerprint density at radius 3 is 2.60 bits per heavy atom. The van der Waals surface area contributed by atoms with Crippen LogP contribution < -0.4 is 4.90 Å². The Morgan fingerprint density at radius 1 is 1.13 bits per heavy atom. The van der Waals surface area contributed by atoms with Crippen molar-refractivity contribution in [1.82, 2.24) is 9.88 Å². The summed E-state index contributed by atoms with van der Waals surface area (Å²) in [5.41, 5.74) is 1.58. The average molecular weight is 424 g/mol. The van der Waals surface area contributed by atoms with Crippen LogP contribution >= 0.6 is 11.6 Å². The van der Waals surface area contributed by atoms with Crippen molar-refractivity contribution < 1.29 is 9.90 Å². The molecule has 1 N–H and O–H groups in total. The molecule has 1 atom stereocenters. The standard InChI is InChI=1S/C24H26ClN3O2/c1-16(19-7-3-4-8-20(19)25)27(2)24(30)18-12-14-28(15-13-18)22-11-10-17-6-5-9-21(29)23(17)26-22/h3-11,16,18,29H,12-15H2,1-2H3. The fraction of sp³-hybridized carbons (Fsp3) is 0.333. The number of nitrogens with zero attached hydrogens (tertiary/aromatic N) is 3. The molecule has 0 spiro atoms. The quantitative estimate of drug-likeness (QED) is 0.639. The fourth-order valence-electron chi connectivity index (χ4n) is 4.15. The zero-order valence-electron chi connectivity index (χ0n) is 17.3. The van der Waals surface area contributed by atoms with Crippen molar-refractivity contribution in [3.63, 3.8) is 0 Å². The SMILES string of the molecule is CC(c1ccccc1Cl)N(C)C(=O)C1CCN(c2ccc3cccc(O)c3n2)CC1. The smallest absolute Gasteiger partial charge is 0.226 e. The van der Waals surface area contributed by atoms with Crippen molar-refractivity contribution in [1.29, 1.82) is 0 Å². The van der Waals surface area contributed by atoms with E-state index >= 15 is 0 Å². The van der Waals surface area contributed by atoms with Crippen LogP contribution in [0.15, 0.2) is 54.6 Å². The van der Waals surface area contributed by atoms with Gasteiger partial charge in [0.05, 0.1) is 6.04 Å². The van der Waals surface area contributed by atoms with Crippen LogP contribution in [0.5, 0.6) is 5.75 Å². The van der Waals surface area contributed by atoms with Crippen LogP contribution in [0.3, 0.4) is 0 Å². The summed E-state index contributed by atoms with van der Waals surface area (Å²) in [6, 6.07) is 17.0. The Kier molecular flexibility index (Phi) is 5.82. The van der Waals surface area contributed by atoms with E-state index < -0.39 is 0 Å². The number of amides is 1. The maximum absolute atomic E-state index is 13.1. The highest BCUT2D eigenvalue weighted by Crippen LogP contribution is 2.31. The molecule has 1 fully saturated rings. The summed E-state index contributed by atoms with van der Waals surface area (Å²) in [6.07, 6.45) is 1.55. The number of rotatable bonds is 4. The van der Waals surface area contributed by atoms with Gasteiger partial charge in [0.25, 0.3) is 0 Å². The molecule has 0 saturated carbocycles. The monoisotopic (exact) mass is 423 g/mol. The summed E-state index contributed by atoms with van der Waals surface area (Å²) < 4.78 is 0. The third-order valence-corrected chi connectivity index (χ3v) is 6.48. The van der Waals surface area contributed by atoms with Crippen LogP contribution in [0.25, 0.3) is 10.9 Å². The van der Waals surface area contributed by atoms with Gasteiger partial charge >= 0.3 is 0 Å². The molecule has 4 rings (SSSR count). The van der Waals surface area contributed by atoms with E-state index in [1.165, 1.54) is 0 Å². The first-order chi connectivity index (χ1) is 14.5. The highest BCUT2D eigenvalue weighted by atomic mass is 35.5. The molecule has 0 aliphatic carbocycles. The molecule has 1 unspecified atom stereocenters. The summed E-state index contributed by atoms with van der Waals surface area (Å²) in [6.45, 7) is 3.54. The summed E-state index contributed by atoms with van der Waals surface area (Å²) in [5, 5.41) is 11.7. The predicted octanol–water partition coefficient (Wildman–Crippen LogP) is 5.03. The lowest BCUT2D eigenvalue weighted by Crippen LogP contribution is -2.42. The number of phenols is 1. The lowest BCUT2D eigenvalue weighted by Gasteiger charge is -2.35. The Hall–Kier alpha value is -2.79. The average Bonchev–Trinajstić information content (AvgIpc) is 2.78. The van der Waals surface area contributed by atoms with Crippen LogP contribution in [0.2, 0.25) is 5.02 Å². The van der Waals surface area contributed by atoms with Crippen LogP contribution in [0.1, 0.15) is 31.4 Å². The van der Waals surface area contributed by atoms with Gasteiger partial charge in [-0.15, -0.1) is 0 Å². The van der Waals surface area contributed by atoms with Gasteiger partial charge < -0.3 is 14.9 Å². The molecule has 1 amide bonds. The molecule has 1 saturated heterocycles. The number of aromatic hydroxyl groups is 1. The molecular weight excluding hydrogens is 398 g/mol. The van der Waals surface area contributed by atoms with Gasteiger partial charge in [-0.1, -0.05) is 41.9 Å². The van der Waals surface area contributed by atoms with Crippen LogP contribution in [-0.4, -0.2) is 41.0 Å². The molecule has 2 heterocycles. The molecule has 1 aliphatic rings. The molecule has 0 radical (unpaired) electrons. The molecule has 30 heavy (non-hydrogen) atoms. The lowest BCUT2D eigenvalue weighted by atomic mass is 9.94. The topological polar surface area (TPSA) is 56.7 Å². The largest absolute Gasteiger partial charge is 0.506 e. The number of benzene rings is 2. The first-order valence-corrected chi connectivity index (χ1v) is 10.7. The minimum absolute atomic E-state index is 0.00922.